The third-order valence-electron chi connectivity index (χ3n) is 2.75. The summed E-state index contributed by atoms with van der Waals surface area (Å²) in [6.45, 7) is 4.18. The van der Waals surface area contributed by atoms with E-state index in [1.165, 1.54) is 12.1 Å². The maximum absolute atomic E-state index is 12.7. The van der Waals surface area contributed by atoms with Crippen molar-refractivity contribution in [1.82, 2.24) is 0 Å². The van der Waals surface area contributed by atoms with E-state index in [-0.39, 0.29) is 11.1 Å². The molecule has 1 unspecified atom stereocenters. The normalized spacial score (nSPS) is 15.1. The predicted molar refractivity (Wildman–Crippen MR) is 59.0 cm³/mol. The van der Waals surface area contributed by atoms with Crippen LogP contribution in [-0.4, -0.2) is 7.85 Å². The Kier molecular flexibility index (Phi) is 3.73. The second-order valence-corrected chi connectivity index (χ2v) is 3.77. The molecule has 0 aromatic heterocycles. The van der Waals surface area contributed by atoms with Gasteiger partial charge in [-0.05, 0) is 17.4 Å². The fourth-order valence-electron chi connectivity index (χ4n) is 1.75. The highest BCUT2D eigenvalue weighted by molar-refractivity contribution is 6.15. The van der Waals surface area contributed by atoms with Crippen molar-refractivity contribution in [2.75, 3.05) is 0 Å². The van der Waals surface area contributed by atoms with Gasteiger partial charge in [0.25, 0.3) is 0 Å². The van der Waals surface area contributed by atoms with Gasteiger partial charge in [0.15, 0.2) is 0 Å². The van der Waals surface area contributed by atoms with Crippen LogP contribution in [0, 0.1) is 5.82 Å². The quantitative estimate of drug-likeness (QED) is 0.638. The van der Waals surface area contributed by atoms with Crippen LogP contribution < -0.4 is 0 Å². The molecule has 74 valence electrons. The Labute approximate surface area is 86.9 Å². The number of hydrogen-bond donors (Lipinski definition) is 0. The molecule has 1 rings (SSSR count). The van der Waals surface area contributed by atoms with Crippen LogP contribution in [-0.2, 0) is 5.31 Å². The summed E-state index contributed by atoms with van der Waals surface area (Å²) in [5.41, 5.74) is 1.03. The van der Waals surface area contributed by atoms with Crippen molar-refractivity contribution < 1.29 is 4.39 Å². The molecule has 0 aliphatic heterocycles. The van der Waals surface area contributed by atoms with Crippen molar-refractivity contribution >= 4 is 7.85 Å². The Bertz CT molecular complexity index is 281. The summed E-state index contributed by atoms with van der Waals surface area (Å²) in [5.74, 6) is -0.205. The molecule has 0 aliphatic rings. The molecule has 14 heavy (non-hydrogen) atoms. The zero-order valence-corrected chi connectivity index (χ0v) is 8.89. The third-order valence-corrected chi connectivity index (χ3v) is 2.75. The van der Waals surface area contributed by atoms with Crippen LogP contribution >= 0.6 is 0 Å². The molecule has 0 saturated heterocycles. The monoisotopic (exact) mass is 190 g/mol. The molecule has 0 aliphatic carbocycles. The summed E-state index contributed by atoms with van der Waals surface area (Å²) in [6, 6.07) is 6.52. The van der Waals surface area contributed by atoms with E-state index in [1.54, 1.807) is 12.1 Å². The van der Waals surface area contributed by atoms with Crippen molar-refractivity contribution in [2.45, 2.75) is 38.4 Å². The van der Waals surface area contributed by atoms with Crippen LogP contribution in [0.1, 0.15) is 38.7 Å². The highest BCUT2D eigenvalue weighted by atomic mass is 19.1. The van der Waals surface area contributed by atoms with Crippen LogP contribution in [0.3, 0.4) is 0 Å². The Hall–Kier alpha value is -0.785. The molecule has 0 saturated carbocycles. The lowest BCUT2D eigenvalue weighted by Crippen LogP contribution is -2.25. The van der Waals surface area contributed by atoms with Gasteiger partial charge in [-0.15, -0.1) is 0 Å². The first-order valence-electron chi connectivity index (χ1n) is 5.17. The molecule has 1 aromatic rings. The van der Waals surface area contributed by atoms with Crippen molar-refractivity contribution in [3.63, 3.8) is 0 Å². The van der Waals surface area contributed by atoms with Gasteiger partial charge in [-0.2, -0.15) is 0 Å². The van der Waals surface area contributed by atoms with Crippen LogP contribution in [0.4, 0.5) is 4.39 Å². The Morgan fingerprint density at radius 3 is 2.21 bits per heavy atom. The molecule has 0 N–H and O–H groups in total. The van der Waals surface area contributed by atoms with E-state index in [0.717, 1.165) is 24.8 Å². The summed E-state index contributed by atoms with van der Waals surface area (Å²) in [4.78, 5) is 0. The average molecular weight is 190 g/mol. The van der Waals surface area contributed by atoms with E-state index in [0.29, 0.717) is 0 Å². The molecule has 0 amide bonds. The van der Waals surface area contributed by atoms with E-state index in [9.17, 15) is 4.39 Å². The first-order valence-corrected chi connectivity index (χ1v) is 5.17. The van der Waals surface area contributed by atoms with Gasteiger partial charge in [0.1, 0.15) is 5.82 Å². The molecular formula is C12H16BF. The standard InChI is InChI=1S/C12H16BF/c1-3-9-12(13,4-2)10-5-7-11(14)8-6-10/h5-8H,3-4,9H2,1-2H3. The molecule has 1 atom stereocenters. The first kappa shape index (κ1) is 11.3. The van der Waals surface area contributed by atoms with Crippen molar-refractivity contribution in [3.8, 4) is 0 Å². The minimum Gasteiger partial charge on any atom is -0.207 e. The lowest BCUT2D eigenvalue weighted by Gasteiger charge is -2.29. The van der Waals surface area contributed by atoms with E-state index < -0.39 is 0 Å². The maximum Gasteiger partial charge on any atom is 0.123 e. The fourth-order valence-corrected chi connectivity index (χ4v) is 1.75. The Morgan fingerprint density at radius 2 is 1.79 bits per heavy atom. The van der Waals surface area contributed by atoms with Crippen molar-refractivity contribution in [3.05, 3.63) is 35.6 Å². The van der Waals surface area contributed by atoms with E-state index >= 15 is 0 Å². The van der Waals surface area contributed by atoms with Gasteiger partial charge in [-0.1, -0.05) is 50.8 Å². The second-order valence-electron chi connectivity index (χ2n) is 3.77. The number of hydrogen-bond acceptors (Lipinski definition) is 0. The van der Waals surface area contributed by atoms with Crippen LogP contribution in [0.15, 0.2) is 24.3 Å². The SMILES string of the molecule is [B]C(CC)(CCC)c1ccc(F)cc1. The summed E-state index contributed by atoms with van der Waals surface area (Å²) < 4.78 is 12.7. The second kappa shape index (κ2) is 4.63. The number of rotatable bonds is 4. The molecule has 0 heterocycles. The Morgan fingerprint density at radius 1 is 1.21 bits per heavy atom. The van der Waals surface area contributed by atoms with Crippen molar-refractivity contribution in [1.29, 1.82) is 0 Å². The minimum atomic E-state index is -0.289. The van der Waals surface area contributed by atoms with Gasteiger partial charge >= 0.3 is 0 Å². The molecule has 0 nitrogen and oxygen atoms in total. The Balaban J connectivity index is 2.94. The highest BCUT2D eigenvalue weighted by Crippen LogP contribution is 2.29. The fraction of sp³-hybridized carbons (Fsp3) is 0.500. The van der Waals surface area contributed by atoms with Crippen LogP contribution in [0.5, 0.6) is 0 Å². The van der Waals surface area contributed by atoms with E-state index in [4.69, 9.17) is 7.85 Å². The van der Waals surface area contributed by atoms with E-state index in [2.05, 4.69) is 13.8 Å². The lowest BCUT2D eigenvalue weighted by molar-refractivity contribution is 0.526. The molecule has 0 fully saturated rings. The predicted octanol–water partition coefficient (Wildman–Crippen LogP) is 3.40. The smallest absolute Gasteiger partial charge is 0.123 e. The molecule has 1 aromatic carbocycles. The zero-order chi connectivity index (χ0) is 10.6. The highest BCUT2D eigenvalue weighted by Gasteiger charge is 2.22. The number of benzene rings is 1. The number of halogens is 1. The molecule has 0 spiro atoms. The van der Waals surface area contributed by atoms with Gasteiger partial charge in [0.05, 0.1) is 7.85 Å². The van der Waals surface area contributed by atoms with Gasteiger partial charge in [-0.3, -0.25) is 0 Å². The van der Waals surface area contributed by atoms with Gasteiger partial charge in [0, 0.05) is 0 Å². The van der Waals surface area contributed by atoms with Crippen molar-refractivity contribution in [2.24, 2.45) is 0 Å². The summed E-state index contributed by atoms with van der Waals surface area (Å²) >= 11 is 0. The minimum absolute atomic E-state index is 0.205. The van der Waals surface area contributed by atoms with Gasteiger partial charge in [-0.25, -0.2) is 4.39 Å². The largest absolute Gasteiger partial charge is 0.207 e. The lowest BCUT2D eigenvalue weighted by atomic mass is 9.60. The zero-order valence-electron chi connectivity index (χ0n) is 8.89. The summed E-state index contributed by atoms with van der Waals surface area (Å²) in [7, 11) is 6.26. The van der Waals surface area contributed by atoms with Gasteiger partial charge in [0.2, 0.25) is 0 Å². The first-order chi connectivity index (χ1) is 6.62. The third kappa shape index (κ3) is 2.37. The molecule has 2 heteroatoms. The summed E-state index contributed by atoms with van der Waals surface area (Å²) in [5, 5.41) is -0.289. The van der Waals surface area contributed by atoms with Gasteiger partial charge < -0.3 is 0 Å². The molecular weight excluding hydrogens is 174 g/mol. The van der Waals surface area contributed by atoms with Crippen LogP contribution in [0.25, 0.3) is 0 Å². The molecule has 0 bridgehead atoms. The summed E-state index contributed by atoms with van der Waals surface area (Å²) in [6.07, 6.45) is 2.86. The maximum atomic E-state index is 12.7. The molecule has 2 radical (unpaired) electrons. The van der Waals surface area contributed by atoms with E-state index in [1.807, 2.05) is 0 Å². The average Bonchev–Trinajstić information content (AvgIpc) is 2.19. The topological polar surface area (TPSA) is 0 Å². The van der Waals surface area contributed by atoms with Crippen LogP contribution in [0.2, 0.25) is 0 Å².